The van der Waals surface area contributed by atoms with Crippen molar-refractivity contribution in [1.29, 1.82) is 0 Å². The van der Waals surface area contributed by atoms with E-state index in [0.29, 0.717) is 11.5 Å². The van der Waals surface area contributed by atoms with Crippen LogP contribution >= 0.6 is 0 Å². The SMILES string of the molecule is Oc1c(N=Nc2ccccn2)c2ccccc2c2ccccc12. The van der Waals surface area contributed by atoms with E-state index in [1.54, 1.807) is 12.3 Å². The highest BCUT2D eigenvalue weighted by Gasteiger charge is 2.12. The number of hydrogen-bond acceptors (Lipinski definition) is 4. The first-order chi connectivity index (χ1) is 11.3. The molecule has 0 amide bonds. The van der Waals surface area contributed by atoms with Crippen LogP contribution in [0.3, 0.4) is 0 Å². The van der Waals surface area contributed by atoms with E-state index in [1.165, 1.54) is 0 Å². The molecule has 23 heavy (non-hydrogen) atoms. The van der Waals surface area contributed by atoms with Gasteiger partial charge in [0.1, 0.15) is 5.69 Å². The largest absolute Gasteiger partial charge is 0.505 e. The normalized spacial score (nSPS) is 11.5. The molecule has 0 saturated carbocycles. The maximum atomic E-state index is 10.7. The second kappa shape index (κ2) is 5.50. The lowest BCUT2D eigenvalue weighted by atomic mass is 9.99. The molecule has 4 heteroatoms. The zero-order valence-electron chi connectivity index (χ0n) is 12.2. The number of benzene rings is 3. The minimum atomic E-state index is 0.138. The monoisotopic (exact) mass is 299 g/mol. The first-order valence-corrected chi connectivity index (χ1v) is 7.30. The number of aromatic nitrogens is 1. The van der Waals surface area contributed by atoms with Crippen molar-refractivity contribution in [2.75, 3.05) is 0 Å². The summed E-state index contributed by atoms with van der Waals surface area (Å²) in [6, 6.07) is 21.0. The first kappa shape index (κ1) is 13.4. The van der Waals surface area contributed by atoms with Gasteiger partial charge in [-0.1, -0.05) is 54.6 Å². The highest BCUT2D eigenvalue weighted by atomic mass is 16.3. The highest BCUT2D eigenvalue weighted by Crippen LogP contribution is 2.43. The molecule has 4 rings (SSSR count). The van der Waals surface area contributed by atoms with E-state index >= 15 is 0 Å². The van der Waals surface area contributed by atoms with Crippen molar-refractivity contribution in [2.45, 2.75) is 0 Å². The van der Waals surface area contributed by atoms with Gasteiger partial charge in [0.05, 0.1) is 0 Å². The van der Waals surface area contributed by atoms with E-state index in [-0.39, 0.29) is 5.75 Å². The molecule has 110 valence electrons. The average molecular weight is 299 g/mol. The molecule has 0 aliphatic carbocycles. The van der Waals surface area contributed by atoms with Crippen LogP contribution in [-0.2, 0) is 0 Å². The van der Waals surface area contributed by atoms with Gasteiger partial charge in [-0.05, 0) is 22.9 Å². The van der Waals surface area contributed by atoms with Crippen molar-refractivity contribution in [3.63, 3.8) is 0 Å². The Kier molecular flexibility index (Phi) is 3.20. The number of aromatic hydroxyl groups is 1. The maximum Gasteiger partial charge on any atom is 0.174 e. The van der Waals surface area contributed by atoms with Crippen LogP contribution in [0.1, 0.15) is 0 Å². The molecule has 3 aromatic carbocycles. The predicted molar refractivity (Wildman–Crippen MR) is 91.5 cm³/mol. The molecule has 0 unspecified atom stereocenters. The van der Waals surface area contributed by atoms with E-state index in [2.05, 4.69) is 15.2 Å². The number of pyridine rings is 1. The molecule has 0 radical (unpaired) electrons. The van der Waals surface area contributed by atoms with E-state index in [0.717, 1.165) is 21.5 Å². The summed E-state index contributed by atoms with van der Waals surface area (Å²) in [5.41, 5.74) is 0.463. The fraction of sp³-hybridized carbons (Fsp3) is 0. The third kappa shape index (κ3) is 2.30. The van der Waals surface area contributed by atoms with Gasteiger partial charge in [-0.2, -0.15) is 0 Å². The fourth-order valence-corrected chi connectivity index (χ4v) is 2.72. The Morgan fingerprint density at radius 1 is 0.652 bits per heavy atom. The van der Waals surface area contributed by atoms with Crippen molar-refractivity contribution in [2.24, 2.45) is 10.2 Å². The van der Waals surface area contributed by atoms with Gasteiger partial charge < -0.3 is 5.11 Å². The molecule has 0 spiro atoms. The maximum absolute atomic E-state index is 10.7. The number of rotatable bonds is 2. The number of phenolic OH excluding ortho intramolecular Hbond substituents is 1. The molecule has 0 atom stereocenters. The minimum Gasteiger partial charge on any atom is -0.505 e. The molecule has 0 saturated heterocycles. The van der Waals surface area contributed by atoms with Crippen LogP contribution < -0.4 is 0 Å². The van der Waals surface area contributed by atoms with E-state index in [4.69, 9.17) is 0 Å². The van der Waals surface area contributed by atoms with Gasteiger partial charge in [0.25, 0.3) is 0 Å². The Bertz CT molecular complexity index is 1030. The number of fused-ring (bicyclic) bond motifs is 3. The van der Waals surface area contributed by atoms with Gasteiger partial charge in [0.15, 0.2) is 11.6 Å². The van der Waals surface area contributed by atoms with Crippen LogP contribution in [0.4, 0.5) is 11.5 Å². The summed E-state index contributed by atoms with van der Waals surface area (Å²) in [4.78, 5) is 4.12. The Morgan fingerprint density at radius 3 is 1.96 bits per heavy atom. The molecule has 4 nitrogen and oxygen atoms in total. The summed E-state index contributed by atoms with van der Waals surface area (Å²) in [5, 5.41) is 22.7. The van der Waals surface area contributed by atoms with Gasteiger partial charge in [0.2, 0.25) is 0 Å². The van der Waals surface area contributed by atoms with Crippen LogP contribution in [0, 0.1) is 0 Å². The molecule has 0 bridgehead atoms. The zero-order valence-corrected chi connectivity index (χ0v) is 12.2. The van der Waals surface area contributed by atoms with Gasteiger partial charge in [-0.25, -0.2) is 4.98 Å². The van der Waals surface area contributed by atoms with Crippen molar-refractivity contribution in [3.05, 3.63) is 72.9 Å². The smallest absolute Gasteiger partial charge is 0.174 e. The second-order valence-electron chi connectivity index (χ2n) is 5.18. The molecule has 0 aliphatic rings. The van der Waals surface area contributed by atoms with E-state index < -0.39 is 0 Å². The molecular weight excluding hydrogens is 286 g/mol. The fourth-order valence-electron chi connectivity index (χ4n) is 2.72. The van der Waals surface area contributed by atoms with Gasteiger partial charge in [0, 0.05) is 17.0 Å². The van der Waals surface area contributed by atoms with Crippen LogP contribution in [0.5, 0.6) is 5.75 Å². The summed E-state index contributed by atoms with van der Waals surface area (Å²) in [5.74, 6) is 0.642. The average Bonchev–Trinajstić information content (AvgIpc) is 2.63. The second-order valence-corrected chi connectivity index (χ2v) is 5.18. The first-order valence-electron chi connectivity index (χ1n) is 7.30. The third-order valence-corrected chi connectivity index (χ3v) is 3.78. The van der Waals surface area contributed by atoms with Crippen molar-refractivity contribution in [1.82, 2.24) is 4.98 Å². The van der Waals surface area contributed by atoms with Crippen molar-refractivity contribution >= 4 is 33.1 Å². The standard InChI is InChI=1S/C19H13N3O/c23-19-16-10-4-2-8-14(16)13-7-1-3-9-15(13)18(19)22-21-17-11-5-6-12-20-17/h1-12,23H. The van der Waals surface area contributed by atoms with Crippen molar-refractivity contribution < 1.29 is 5.11 Å². The lowest BCUT2D eigenvalue weighted by molar-refractivity contribution is 0.483. The summed E-state index contributed by atoms with van der Waals surface area (Å²) in [6.45, 7) is 0. The van der Waals surface area contributed by atoms with Crippen LogP contribution in [-0.4, -0.2) is 10.1 Å². The Morgan fingerprint density at radius 2 is 1.26 bits per heavy atom. The predicted octanol–water partition coefficient (Wildman–Crippen LogP) is 5.51. The van der Waals surface area contributed by atoms with E-state index in [1.807, 2.05) is 60.7 Å². The number of azo groups is 1. The van der Waals surface area contributed by atoms with Crippen LogP contribution in [0.15, 0.2) is 83.2 Å². The van der Waals surface area contributed by atoms with E-state index in [9.17, 15) is 5.11 Å². The summed E-state index contributed by atoms with van der Waals surface area (Å²) in [7, 11) is 0. The minimum absolute atomic E-state index is 0.138. The summed E-state index contributed by atoms with van der Waals surface area (Å²) < 4.78 is 0. The molecule has 1 aromatic heterocycles. The molecule has 4 aromatic rings. The van der Waals surface area contributed by atoms with Crippen LogP contribution in [0.2, 0.25) is 0 Å². The van der Waals surface area contributed by atoms with Gasteiger partial charge in [-0.3, -0.25) is 0 Å². The Labute approximate surface area is 132 Å². The molecule has 0 fully saturated rings. The van der Waals surface area contributed by atoms with Crippen LogP contribution in [0.25, 0.3) is 21.5 Å². The topological polar surface area (TPSA) is 57.8 Å². The number of nitrogens with zero attached hydrogens (tertiary/aromatic N) is 3. The van der Waals surface area contributed by atoms with Gasteiger partial charge in [-0.15, -0.1) is 10.2 Å². The number of hydrogen-bond donors (Lipinski definition) is 1. The zero-order chi connectivity index (χ0) is 15.6. The molecule has 1 N–H and O–H groups in total. The Hall–Kier alpha value is -3.27. The summed E-state index contributed by atoms with van der Waals surface area (Å²) in [6.07, 6.45) is 1.66. The molecule has 1 heterocycles. The quantitative estimate of drug-likeness (QED) is 0.392. The molecule has 0 aliphatic heterocycles. The highest BCUT2D eigenvalue weighted by molar-refractivity contribution is 6.15. The van der Waals surface area contributed by atoms with Crippen molar-refractivity contribution in [3.8, 4) is 5.75 Å². The molecular formula is C19H13N3O. The number of phenols is 1. The Balaban J connectivity index is 2.01. The third-order valence-electron chi connectivity index (χ3n) is 3.78. The lowest BCUT2D eigenvalue weighted by Gasteiger charge is -2.09. The summed E-state index contributed by atoms with van der Waals surface area (Å²) >= 11 is 0. The van der Waals surface area contributed by atoms with Gasteiger partial charge >= 0.3 is 0 Å². The lowest BCUT2D eigenvalue weighted by Crippen LogP contribution is -1.81.